The molecule has 0 unspecified atom stereocenters. The van der Waals surface area contributed by atoms with Gasteiger partial charge in [-0.05, 0) is 77.4 Å². The molecule has 30 heavy (non-hydrogen) atoms. The molecular formula is C21H18BrCl2NO4S. The highest BCUT2D eigenvalue weighted by molar-refractivity contribution is 9.10. The summed E-state index contributed by atoms with van der Waals surface area (Å²) >= 11 is 16.6. The first-order valence-electron chi connectivity index (χ1n) is 9.12. The second-order valence-electron chi connectivity index (χ2n) is 6.21. The third-order valence-electron chi connectivity index (χ3n) is 4.21. The van der Waals surface area contributed by atoms with Crippen molar-refractivity contribution < 1.29 is 19.1 Å². The third-order valence-corrected chi connectivity index (χ3v) is 6.29. The second-order valence-corrected chi connectivity index (χ2v) is 8.90. The highest BCUT2D eigenvalue weighted by atomic mass is 79.9. The van der Waals surface area contributed by atoms with Crippen molar-refractivity contribution in [1.82, 2.24) is 4.90 Å². The molecule has 1 aliphatic rings. The van der Waals surface area contributed by atoms with Crippen molar-refractivity contribution in [2.24, 2.45) is 0 Å². The number of likely N-dealkylation sites (N-methyl/N-ethyl adjacent to an activating group) is 1. The maximum atomic E-state index is 12.4. The van der Waals surface area contributed by atoms with Crippen LogP contribution in [0.2, 0.25) is 10.0 Å². The van der Waals surface area contributed by atoms with E-state index in [2.05, 4.69) is 15.9 Å². The smallest absolute Gasteiger partial charge is 0.293 e. The Morgan fingerprint density at radius 3 is 2.53 bits per heavy atom. The summed E-state index contributed by atoms with van der Waals surface area (Å²) in [6.45, 7) is 4.63. The van der Waals surface area contributed by atoms with Crippen LogP contribution in [0.1, 0.15) is 25.0 Å². The summed E-state index contributed by atoms with van der Waals surface area (Å²) in [7, 11) is 0. The Morgan fingerprint density at radius 2 is 1.90 bits per heavy atom. The molecule has 0 atom stereocenters. The summed E-state index contributed by atoms with van der Waals surface area (Å²) in [4.78, 5) is 25.9. The fraction of sp³-hybridized carbons (Fsp3) is 0.238. The van der Waals surface area contributed by atoms with Gasteiger partial charge in [-0.1, -0.05) is 29.3 Å². The van der Waals surface area contributed by atoms with Gasteiger partial charge in [-0.15, -0.1) is 0 Å². The van der Waals surface area contributed by atoms with Crippen molar-refractivity contribution >= 4 is 68.1 Å². The Kier molecular flexibility index (Phi) is 7.74. The van der Waals surface area contributed by atoms with Crippen LogP contribution in [0.15, 0.2) is 39.7 Å². The van der Waals surface area contributed by atoms with Crippen LogP contribution in [0.25, 0.3) is 6.08 Å². The summed E-state index contributed by atoms with van der Waals surface area (Å²) in [5.74, 6) is 0.735. The molecule has 0 radical (unpaired) electrons. The molecule has 0 bridgehead atoms. The van der Waals surface area contributed by atoms with Gasteiger partial charge in [0.15, 0.2) is 11.5 Å². The van der Waals surface area contributed by atoms with Gasteiger partial charge in [-0.25, -0.2) is 0 Å². The number of hydrogen-bond donors (Lipinski definition) is 0. The van der Waals surface area contributed by atoms with E-state index in [0.717, 1.165) is 17.3 Å². The van der Waals surface area contributed by atoms with Crippen molar-refractivity contribution in [1.29, 1.82) is 0 Å². The summed E-state index contributed by atoms with van der Waals surface area (Å²) in [5.41, 5.74) is 1.50. The molecule has 2 aromatic rings. The highest BCUT2D eigenvalue weighted by Gasteiger charge is 2.33. The van der Waals surface area contributed by atoms with E-state index in [9.17, 15) is 9.59 Å². The first kappa shape index (κ1) is 23.0. The molecule has 0 N–H and O–H groups in total. The maximum absolute atomic E-state index is 12.4. The molecule has 158 valence electrons. The van der Waals surface area contributed by atoms with E-state index in [-0.39, 0.29) is 17.8 Å². The lowest BCUT2D eigenvalue weighted by Gasteiger charge is -2.15. The number of rotatable bonds is 7. The number of carbonyl (C=O) groups excluding carboxylic acids is 2. The van der Waals surface area contributed by atoms with E-state index < -0.39 is 0 Å². The first-order valence-corrected chi connectivity index (χ1v) is 11.5. The van der Waals surface area contributed by atoms with Crippen LogP contribution in [0, 0.1) is 0 Å². The Balaban J connectivity index is 1.88. The molecule has 3 rings (SSSR count). The largest absolute Gasteiger partial charge is 0.490 e. The van der Waals surface area contributed by atoms with Gasteiger partial charge in [0, 0.05) is 22.2 Å². The highest BCUT2D eigenvalue weighted by Crippen LogP contribution is 2.40. The lowest BCUT2D eigenvalue weighted by atomic mass is 10.1. The van der Waals surface area contributed by atoms with E-state index in [0.29, 0.717) is 49.6 Å². The molecule has 9 heteroatoms. The normalized spacial score (nSPS) is 15.2. The monoisotopic (exact) mass is 529 g/mol. The van der Waals surface area contributed by atoms with Gasteiger partial charge in [-0.3, -0.25) is 14.5 Å². The van der Waals surface area contributed by atoms with E-state index in [4.69, 9.17) is 32.7 Å². The topological polar surface area (TPSA) is 55.8 Å². The van der Waals surface area contributed by atoms with Gasteiger partial charge >= 0.3 is 0 Å². The van der Waals surface area contributed by atoms with Crippen LogP contribution in [-0.4, -0.2) is 29.2 Å². The molecule has 1 heterocycles. The van der Waals surface area contributed by atoms with Crippen LogP contribution in [0.3, 0.4) is 0 Å². The van der Waals surface area contributed by atoms with Gasteiger partial charge in [0.25, 0.3) is 11.1 Å². The average Bonchev–Trinajstić information content (AvgIpc) is 2.95. The number of thioether (sulfide) groups is 1. The molecule has 0 aromatic heterocycles. The van der Waals surface area contributed by atoms with Crippen molar-refractivity contribution in [2.75, 3.05) is 13.2 Å². The van der Waals surface area contributed by atoms with Crippen LogP contribution in [0.4, 0.5) is 4.79 Å². The summed E-state index contributed by atoms with van der Waals surface area (Å²) < 4.78 is 12.4. The minimum Gasteiger partial charge on any atom is -0.490 e. The predicted octanol–water partition coefficient (Wildman–Crippen LogP) is 6.79. The van der Waals surface area contributed by atoms with E-state index in [1.54, 1.807) is 43.3 Å². The van der Waals surface area contributed by atoms with Crippen LogP contribution >= 0.6 is 50.9 Å². The van der Waals surface area contributed by atoms with Crippen molar-refractivity contribution in [3.05, 3.63) is 60.9 Å². The predicted molar refractivity (Wildman–Crippen MR) is 124 cm³/mol. The number of halogens is 3. The molecule has 2 amide bonds. The molecule has 5 nitrogen and oxygen atoms in total. The molecule has 0 aliphatic carbocycles. The minimum atomic E-state index is -0.292. The molecule has 0 spiro atoms. The molecule has 1 saturated heterocycles. The fourth-order valence-corrected chi connectivity index (χ4v) is 4.73. The van der Waals surface area contributed by atoms with E-state index in [1.165, 1.54) is 4.90 Å². The van der Waals surface area contributed by atoms with E-state index >= 15 is 0 Å². The number of carbonyl (C=O) groups is 2. The summed E-state index contributed by atoms with van der Waals surface area (Å²) in [5, 5.41) is 0.800. The number of hydrogen-bond acceptors (Lipinski definition) is 5. The zero-order valence-electron chi connectivity index (χ0n) is 16.2. The Morgan fingerprint density at radius 1 is 1.13 bits per heavy atom. The number of amides is 2. The van der Waals surface area contributed by atoms with Crippen molar-refractivity contribution in [3.63, 3.8) is 0 Å². The SMILES string of the molecule is CCOc1cc(/C=C2/SC(=O)N(CC)C2=O)cc(Br)c1OCc1ccc(Cl)cc1Cl. The fourth-order valence-electron chi connectivity index (χ4n) is 2.79. The number of ether oxygens (including phenoxy) is 2. The van der Waals surface area contributed by atoms with Gasteiger partial charge in [-0.2, -0.15) is 0 Å². The van der Waals surface area contributed by atoms with Gasteiger partial charge in [0.2, 0.25) is 0 Å². The zero-order valence-corrected chi connectivity index (χ0v) is 20.1. The first-order chi connectivity index (χ1) is 14.3. The Bertz CT molecular complexity index is 1030. The van der Waals surface area contributed by atoms with Gasteiger partial charge in [0.1, 0.15) is 6.61 Å². The lowest BCUT2D eigenvalue weighted by Crippen LogP contribution is -2.27. The number of nitrogens with zero attached hydrogens (tertiary/aromatic N) is 1. The number of benzene rings is 2. The van der Waals surface area contributed by atoms with Gasteiger partial charge in [0.05, 0.1) is 16.0 Å². The Hall–Kier alpha value is -1.67. The zero-order chi connectivity index (χ0) is 21.8. The third kappa shape index (κ3) is 5.14. The maximum Gasteiger partial charge on any atom is 0.293 e. The van der Waals surface area contributed by atoms with Crippen molar-refractivity contribution in [3.8, 4) is 11.5 Å². The number of imide groups is 1. The minimum absolute atomic E-state index is 0.226. The van der Waals surface area contributed by atoms with E-state index in [1.807, 2.05) is 6.92 Å². The Labute approximate surface area is 197 Å². The summed E-state index contributed by atoms with van der Waals surface area (Å²) in [6, 6.07) is 8.79. The molecule has 1 aliphatic heterocycles. The lowest BCUT2D eigenvalue weighted by molar-refractivity contribution is -0.122. The van der Waals surface area contributed by atoms with Crippen LogP contribution in [-0.2, 0) is 11.4 Å². The standard InChI is InChI=1S/C21H18BrCl2NO4S/c1-3-25-20(26)18(30-21(25)27)9-12-7-15(22)19(17(8-12)28-4-2)29-11-13-5-6-14(23)10-16(13)24/h5-10H,3-4,11H2,1-2H3/b18-9+. The average molecular weight is 531 g/mol. The molecule has 2 aromatic carbocycles. The van der Waals surface area contributed by atoms with Crippen LogP contribution < -0.4 is 9.47 Å². The second kappa shape index (κ2) is 10.1. The molecule has 0 saturated carbocycles. The molecule has 1 fully saturated rings. The quantitative estimate of drug-likeness (QED) is 0.369. The van der Waals surface area contributed by atoms with Crippen LogP contribution in [0.5, 0.6) is 11.5 Å². The van der Waals surface area contributed by atoms with Gasteiger partial charge < -0.3 is 9.47 Å². The summed E-state index contributed by atoms with van der Waals surface area (Å²) in [6.07, 6.45) is 1.67. The van der Waals surface area contributed by atoms with Crippen molar-refractivity contribution in [2.45, 2.75) is 20.5 Å². The molecular weight excluding hydrogens is 513 g/mol.